The molecule has 2 rings (SSSR count). The maximum atomic E-state index is 10.5. The molecular weight excluding hydrogens is 248 g/mol. The fraction of sp³-hybridized carbons (Fsp3) is 0.333. The van der Waals surface area contributed by atoms with Crippen molar-refractivity contribution >= 4 is 0 Å². The van der Waals surface area contributed by atoms with E-state index in [1.54, 1.807) is 7.11 Å². The van der Waals surface area contributed by atoms with Crippen LogP contribution >= 0.6 is 0 Å². The molecule has 0 aliphatic carbocycles. The second-order valence-corrected chi connectivity index (χ2v) is 5.24. The van der Waals surface area contributed by atoms with Crippen molar-refractivity contribution < 1.29 is 9.84 Å². The molecule has 0 saturated carbocycles. The van der Waals surface area contributed by atoms with E-state index in [1.165, 1.54) is 5.56 Å². The lowest BCUT2D eigenvalue weighted by atomic mass is 9.95. The van der Waals surface area contributed by atoms with Gasteiger partial charge in [-0.15, -0.1) is 0 Å². The Morgan fingerprint density at radius 3 is 2.45 bits per heavy atom. The number of rotatable bonds is 5. The van der Waals surface area contributed by atoms with Crippen LogP contribution in [0.3, 0.4) is 0 Å². The zero-order valence-electron chi connectivity index (χ0n) is 12.4. The van der Waals surface area contributed by atoms with E-state index < -0.39 is 6.10 Å². The average molecular weight is 270 g/mol. The van der Waals surface area contributed by atoms with Crippen LogP contribution in [0.4, 0.5) is 0 Å². The number of methoxy groups -OCH3 is 1. The van der Waals surface area contributed by atoms with Gasteiger partial charge in [-0.25, -0.2) is 0 Å². The van der Waals surface area contributed by atoms with Crippen LogP contribution in [-0.4, -0.2) is 12.2 Å². The van der Waals surface area contributed by atoms with Crippen LogP contribution in [0, 0.1) is 13.8 Å². The van der Waals surface area contributed by atoms with Crippen molar-refractivity contribution in [2.24, 2.45) is 0 Å². The molecule has 2 nitrogen and oxygen atoms in total. The van der Waals surface area contributed by atoms with Gasteiger partial charge in [0.15, 0.2) is 0 Å². The molecule has 0 radical (unpaired) electrons. The Hall–Kier alpha value is -1.80. The summed E-state index contributed by atoms with van der Waals surface area (Å²) in [5.41, 5.74) is 4.39. The zero-order chi connectivity index (χ0) is 14.5. The third kappa shape index (κ3) is 3.40. The quantitative estimate of drug-likeness (QED) is 0.890. The number of hydrogen-bond donors (Lipinski definition) is 1. The minimum Gasteiger partial charge on any atom is -0.496 e. The van der Waals surface area contributed by atoms with Crippen molar-refractivity contribution in [3.63, 3.8) is 0 Å². The van der Waals surface area contributed by atoms with Gasteiger partial charge in [-0.3, -0.25) is 0 Å². The van der Waals surface area contributed by atoms with Gasteiger partial charge in [0.05, 0.1) is 13.2 Å². The zero-order valence-corrected chi connectivity index (χ0v) is 12.4. The number of aliphatic hydroxyl groups is 1. The Morgan fingerprint density at radius 2 is 1.80 bits per heavy atom. The molecule has 2 heteroatoms. The van der Waals surface area contributed by atoms with Crippen LogP contribution in [0.1, 0.15) is 34.8 Å². The Kier molecular flexibility index (Phi) is 4.80. The minimum atomic E-state index is -0.495. The second kappa shape index (κ2) is 6.58. The van der Waals surface area contributed by atoms with Gasteiger partial charge in [0.1, 0.15) is 5.75 Å². The molecule has 2 aromatic rings. The Morgan fingerprint density at radius 1 is 1.10 bits per heavy atom. The molecule has 0 aliphatic heterocycles. The average Bonchev–Trinajstić information content (AvgIpc) is 2.45. The highest BCUT2D eigenvalue weighted by atomic mass is 16.5. The first-order chi connectivity index (χ1) is 9.61. The number of benzene rings is 2. The highest BCUT2D eigenvalue weighted by Gasteiger charge is 2.16. The molecule has 1 unspecified atom stereocenters. The molecule has 2 aromatic carbocycles. The second-order valence-electron chi connectivity index (χ2n) is 5.24. The predicted molar refractivity (Wildman–Crippen MR) is 82.2 cm³/mol. The molecule has 0 bridgehead atoms. The summed E-state index contributed by atoms with van der Waals surface area (Å²) in [5, 5.41) is 10.5. The Balaban J connectivity index is 2.15. The molecule has 0 aromatic heterocycles. The van der Waals surface area contributed by atoms with Gasteiger partial charge in [0.25, 0.3) is 0 Å². The lowest BCUT2D eigenvalue weighted by Gasteiger charge is -2.18. The SMILES string of the molecule is COc1cc(C)cc(C)c1C(O)CCc1ccccc1. The molecule has 1 atom stereocenters. The molecule has 0 heterocycles. The monoisotopic (exact) mass is 270 g/mol. The first-order valence-electron chi connectivity index (χ1n) is 6.99. The minimum absolute atomic E-state index is 0.495. The van der Waals surface area contributed by atoms with E-state index in [0.29, 0.717) is 6.42 Å². The molecule has 0 amide bonds. The molecule has 0 saturated heterocycles. The summed E-state index contributed by atoms with van der Waals surface area (Å²) < 4.78 is 5.42. The number of aryl methyl sites for hydroxylation is 3. The Bertz CT molecular complexity index is 561. The summed E-state index contributed by atoms with van der Waals surface area (Å²) in [7, 11) is 1.65. The van der Waals surface area contributed by atoms with Gasteiger partial charge in [-0.1, -0.05) is 36.4 Å². The first kappa shape index (κ1) is 14.6. The summed E-state index contributed by atoms with van der Waals surface area (Å²) in [4.78, 5) is 0. The van der Waals surface area contributed by atoms with Crippen molar-refractivity contribution in [3.05, 3.63) is 64.7 Å². The third-order valence-electron chi connectivity index (χ3n) is 3.60. The van der Waals surface area contributed by atoms with Crippen LogP contribution in [0.5, 0.6) is 5.75 Å². The van der Waals surface area contributed by atoms with Crippen molar-refractivity contribution in [1.82, 2.24) is 0 Å². The largest absolute Gasteiger partial charge is 0.496 e. The van der Waals surface area contributed by atoms with E-state index in [1.807, 2.05) is 38.1 Å². The first-order valence-corrected chi connectivity index (χ1v) is 6.99. The van der Waals surface area contributed by atoms with Crippen LogP contribution < -0.4 is 4.74 Å². The van der Waals surface area contributed by atoms with Gasteiger partial charge in [-0.05, 0) is 49.4 Å². The number of aliphatic hydroxyl groups excluding tert-OH is 1. The van der Waals surface area contributed by atoms with E-state index in [2.05, 4.69) is 18.2 Å². The normalized spacial score (nSPS) is 12.2. The molecule has 1 N–H and O–H groups in total. The summed E-state index contributed by atoms with van der Waals surface area (Å²) >= 11 is 0. The lowest BCUT2D eigenvalue weighted by Crippen LogP contribution is -2.05. The fourth-order valence-corrected chi connectivity index (χ4v) is 2.63. The highest BCUT2D eigenvalue weighted by molar-refractivity contribution is 5.44. The van der Waals surface area contributed by atoms with Crippen LogP contribution in [0.25, 0.3) is 0 Å². The van der Waals surface area contributed by atoms with E-state index in [9.17, 15) is 5.11 Å². The van der Waals surface area contributed by atoms with Gasteiger partial charge < -0.3 is 9.84 Å². The van der Waals surface area contributed by atoms with Crippen LogP contribution in [0.2, 0.25) is 0 Å². The van der Waals surface area contributed by atoms with Gasteiger partial charge in [0, 0.05) is 5.56 Å². The number of ether oxygens (including phenoxy) is 1. The van der Waals surface area contributed by atoms with Gasteiger partial charge >= 0.3 is 0 Å². The van der Waals surface area contributed by atoms with E-state index >= 15 is 0 Å². The molecule has 0 aliphatic rings. The topological polar surface area (TPSA) is 29.5 Å². The van der Waals surface area contributed by atoms with E-state index in [4.69, 9.17) is 4.74 Å². The molecule has 0 spiro atoms. The predicted octanol–water partition coefficient (Wildman–Crippen LogP) is 3.98. The fourth-order valence-electron chi connectivity index (χ4n) is 2.63. The number of hydrogen-bond acceptors (Lipinski definition) is 2. The van der Waals surface area contributed by atoms with Crippen molar-refractivity contribution in [2.75, 3.05) is 7.11 Å². The van der Waals surface area contributed by atoms with E-state index in [-0.39, 0.29) is 0 Å². The van der Waals surface area contributed by atoms with Crippen molar-refractivity contribution in [3.8, 4) is 5.75 Å². The summed E-state index contributed by atoms with van der Waals surface area (Å²) in [6.07, 6.45) is 1.06. The maximum Gasteiger partial charge on any atom is 0.125 e. The summed E-state index contributed by atoms with van der Waals surface area (Å²) in [6.45, 7) is 4.06. The lowest BCUT2D eigenvalue weighted by molar-refractivity contribution is 0.163. The van der Waals surface area contributed by atoms with Crippen LogP contribution in [0.15, 0.2) is 42.5 Å². The van der Waals surface area contributed by atoms with Crippen molar-refractivity contribution in [2.45, 2.75) is 32.8 Å². The van der Waals surface area contributed by atoms with Gasteiger partial charge in [0.2, 0.25) is 0 Å². The smallest absolute Gasteiger partial charge is 0.125 e. The summed E-state index contributed by atoms with van der Waals surface area (Å²) in [5.74, 6) is 0.781. The molecule has 20 heavy (non-hydrogen) atoms. The highest BCUT2D eigenvalue weighted by Crippen LogP contribution is 2.32. The standard InChI is InChI=1S/C18H22O2/c1-13-11-14(2)18(17(12-13)20-3)16(19)10-9-15-7-5-4-6-8-15/h4-8,11-12,16,19H,9-10H2,1-3H3. The van der Waals surface area contributed by atoms with Crippen molar-refractivity contribution in [1.29, 1.82) is 0 Å². The Labute approximate surface area is 121 Å². The summed E-state index contributed by atoms with van der Waals surface area (Å²) in [6, 6.07) is 14.3. The third-order valence-corrected chi connectivity index (χ3v) is 3.60. The maximum absolute atomic E-state index is 10.5. The molecule has 106 valence electrons. The van der Waals surface area contributed by atoms with Gasteiger partial charge in [-0.2, -0.15) is 0 Å². The van der Waals surface area contributed by atoms with Crippen LogP contribution in [-0.2, 0) is 6.42 Å². The molecule has 0 fully saturated rings. The van der Waals surface area contributed by atoms with E-state index in [0.717, 1.165) is 28.9 Å². The molecular formula is C18H22O2.